The van der Waals surface area contributed by atoms with Gasteiger partial charge in [-0.2, -0.15) is 0 Å². The number of unbranched alkanes of at least 4 members (excludes halogenated alkanes) is 1. The van der Waals surface area contributed by atoms with Gasteiger partial charge in [-0.3, -0.25) is 19.9 Å². The van der Waals surface area contributed by atoms with Crippen LogP contribution in [0.5, 0.6) is 0 Å². The third-order valence-corrected chi connectivity index (χ3v) is 2.76. The Bertz CT molecular complexity index is 464. The Morgan fingerprint density at radius 1 is 1.40 bits per heavy atom. The first-order valence-electron chi connectivity index (χ1n) is 6.54. The average molecular weight is 279 g/mol. The van der Waals surface area contributed by atoms with Crippen molar-refractivity contribution < 1.29 is 9.59 Å². The van der Waals surface area contributed by atoms with Gasteiger partial charge in [-0.25, -0.2) is 10.8 Å². The summed E-state index contributed by atoms with van der Waals surface area (Å²) in [5, 5.41) is 0. The second kappa shape index (κ2) is 8.23. The van der Waals surface area contributed by atoms with E-state index < -0.39 is 5.91 Å². The second-order valence-corrected chi connectivity index (χ2v) is 4.52. The fourth-order valence-electron chi connectivity index (χ4n) is 1.81. The molecule has 1 aromatic heterocycles. The van der Waals surface area contributed by atoms with E-state index in [1.165, 1.54) is 0 Å². The number of carbonyl (C=O) groups is 2. The fourth-order valence-corrected chi connectivity index (χ4v) is 1.81. The van der Waals surface area contributed by atoms with Crippen molar-refractivity contribution in [3.8, 4) is 0 Å². The molecule has 0 aromatic carbocycles. The first kappa shape index (κ1) is 16.1. The quantitative estimate of drug-likeness (QED) is 0.345. The Balaban J connectivity index is 2.76. The number of aromatic nitrogens is 1. The summed E-state index contributed by atoms with van der Waals surface area (Å²) in [7, 11) is 0. The molecule has 7 nitrogen and oxygen atoms in total. The highest BCUT2D eigenvalue weighted by Crippen LogP contribution is 2.05. The number of nitrogens with zero attached hydrogens (tertiary/aromatic N) is 2. The molecule has 0 radical (unpaired) electrons. The highest BCUT2D eigenvalue weighted by Gasteiger charge is 2.11. The predicted molar refractivity (Wildman–Crippen MR) is 75.3 cm³/mol. The van der Waals surface area contributed by atoms with Gasteiger partial charge in [0.25, 0.3) is 5.91 Å². The smallest absolute Gasteiger partial charge is 0.283 e. The lowest BCUT2D eigenvalue weighted by Gasteiger charge is -2.20. The highest BCUT2D eigenvalue weighted by atomic mass is 16.2. The number of nitrogen functional groups attached to an aromatic ring is 1. The van der Waals surface area contributed by atoms with Crippen molar-refractivity contribution in [2.75, 3.05) is 13.1 Å². The Morgan fingerprint density at radius 3 is 2.75 bits per heavy atom. The highest BCUT2D eigenvalue weighted by molar-refractivity contribution is 5.91. The number of primary amides is 1. The third kappa shape index (κ3) is 5.33. The van der Waals surface area contributed by atoms with Crippen LogP contribution in [-0.4, -0.2) is 34.8 Å². The molecule has 0 unspecified atom stereocenters. The van der Waals surface area contributed by atoms with Gasteiger partial charge >= 0.3 is 0 Å². The van der Waals surface area contributed by atoms with Crippen molar-refractivity contribution in [2.24, 2.45) is 11.6 Å². The van der Waals surface area contributed by atoms with Crippen LogP contribution in [0.15, 0.2) is 18.2 Å². The van der Waals surface area contributed by atoms with Crippen molar-refractivity contribution in [1.82, 2.24) is 15.3 Å². The number of pyridine rings is 1. The van der Waals surface area contributed by atoms with Gasteiger partial charge in [0.2, 0.25) is 5.91 Å². The summed E-state index contributed by atoms with van der Waals surface area (Å²) in [5.41, 5.74) is 8.22. The van der Waals surface area contributed by atoms with Crippen LogP contribution in [0.4, 0.5) is 0 Å². The zero-order valence-corrected chi connectivity index (χ0v) is 11.6. The van der Waals surface area contributed by atoms with Gasteiger partial charge in [0.1, 0.15) is 5.69 Å². The molecular formula is C13H21N5O2. The molecule has 2 amide bonds. The number of hydrogen-bond acceptors (Lipinski definition) is 5. The summed E-state index contributed by atoms with van der Waals surface area (Å²) < 4.78 is 0. The maximum absolute atomic E-state index is 11.4. The molecule has 0 fully saturated rings. The standard InChI is InChI=1S/C13H21N5O2/c1-2-3-7-18(9-12(14)19)8-10-5-4-6-11(16-10)13(20)17-15/h4-6H,2-3,7-9,15H2,1H3,(H2,14,19)(H,17,20). The maximum atomic E-state index is 11.4. The number of nitrogens with two attached hydrogens (primary N) is 2. The molecule has 0 bridgehead atoms. The predicted octanol–water partition coefficient (Wildman–Crippen LogP) is -0.227. The summed E-state index contributed by atoms with van der Waals surface area (Å²) in [5.74, 6) is 4.26. The van der Waals surface area contributed by atoms with E-state index in [1.807, 2.05) is 10.3 Å². The fraction of sp³-hybridized carbons (Fsp3) is 0.462. The van der Waals surface area contributed by atoms with Crippen LogP contribution in [0.2, 0.25) is 0 Å². The van der Waals surface area contributed by atoms with Crippen molar-refractivity contribution in [1.29, 1.82) is 0 Å². The van der Waals surface area contributed by atoms with E-state index in [0.717, 1.165) is 19.4 Å². The molecule has 0 saturated heterocycles. The van der Waals surface area contributed by atoms with E-state index >= 15 is 0 Å². The number of hydrazine groups is 1. The first-order chi connectivity index (χ1) is 9.56. The van der Waals surface area contributed by atoms with E-state index in [9.17, 15) is 9.59 Å². The summed E-state index contributed by atoms with van der Waals surface area (Å²) >= 11 is 0. The number of nitrogens with one attached hydrogen (secondary N) is 1. The van der Waals surface area contributed by atoms with E-state index in [4.69, 9.17) is 11.6 Å². The first-order valence-corrected chi connectivity index (χ1v) is 6.54. The average Bonchev–Trinajstić information content (AvgIpc) is 2.43. The number of hydrogen-bond donors (Lipinski definition) is 3. The molecule has 0 saturated carbocycles. The molecule has 5 N–H and O–H groups in total. The van der Waals surface area contributed by atoms with Gasteiger partial charge in [-0.15, -0.1) is 0 Å². The van der Waals surface area contributed by atoms with Crippen molar-refractivity contribution >= 4 is 11.8 Å². The number of rotatable bonds is 8. The molecule has 20 heavy (non-hydrogen) atoms. The summed E-state index contributed by atoms with van der Waals surface area (Å²) in [4.78, 5) is 28.6. The van der Waals surface area contributed by atoms with E-state index in [1.54, 1.807) is 18.2 Å². The molecule has 1 rings (SSSR count). The molecule has 110 valence electrons. The number of amides is 2. The van der Waals surface area contributed by atoms with Crippen LogP contribution in [-0.2, 0) is 11.3 Å². The van der Waals surface area contributed by atoms with Crippen LogP contribution in [0.1, 0.15) is 35.9 Å². The minimum absolute atomic E-state index is 0.176. The van der Waals surface area contributed by atoms with Crippen LogP contribution in [0, 0.1) is 0 Å². The third-order valence-electron chi connectivity index (χ3n) is 2.76. The van der Waals surface area contributed by atoms with Gasteiger partial charge in [0.15, 0.2) is 0 Å². The SMILES string of the molecule is CCCCN(CC(N)=O)Cc1cccc(C(=O)NN)n1. The van der Waals surface area contributed by atoms with Gasteiger partial charge in [-0.1, -0.05) is 19.4 Å². The Kier molecular flexibility index (Phi) is 6.61. The summed E-state index contributed by atoms with van der Waals surface area (Å²) in [6, 6.07) is 5.11. The van der Waals surface area contributed by atoms with Crippen LogP contribution < -0.4 is 17.0 Å². The topological polar surface area (TPSA) is 114 Å². The molecule has 1 heterocycles. The summed E-state index contributed by atoms with van der Waals surface area (Å²) in [6.07, 6.45) is 1.99. The molecule has 0 aliphatic heterocycles. The molecular weight excluding hydrogens is 258 g/mol. The van der Waals surface area contributed by atoms with Gasteiger partial charge < -0.3 is 5.73 Å². The Labute approximate surface area is 118 Å². The van der Waals surface area contributed by atoms with Crippen molar-refractivity contribution in [3.05, 3.63) is 29.6 Å². The Hall–Kier alpha value is -1.99. The zero-order chi connectivity index (χ0) is 15.0. The van der Waals surface area contributed by atoms with Gasteiger partial charge in [0.05, 0.1) is 12.2 Å². The lowest BCUT2D eigenvalue weighted by atomic mass is 10.2. The van der Waals surface area contributed by atoms with Crippen molar-refractivity contribution in [2.45, 2.75) is 26.3 Å². The van der Waals surface area contributed by atoms with Gasteiger partial charge in [0, 0.05) is 6.54 Å². The molecule has 0 spiro atoms. The van der Waals surface area contributed by atoms with Crippen LogP contribution in [0.25, 0.3) is 0 Å². The van der Waals surface area contributed by atoms with Crippen LogP contribution in [0.3, 0.4) is 0 Å². The molecule has 7 heteroatoms. The Morgan fingerprint density at radius 2 is 2.15 bits per heavy atom. The largest absolute Gasteiger partial charge is 0.369 e. The zero-order valence-electron chi connectivity index (χ0n) is 11.6. The number of carbonyl (C=O) groups excluding carboxylic acids is 2. The minimum Gasteiger partial charge on any atom is -0.369 e. The van der Waals surface area contributed by atoms with Crippen LogP contribution >= 0.6 is 0 Å². The van der Waals surface area contributed by atoms with E-state index in [-0.39, 0.29) is 18.1 Å². The lowest BCUT2D eigenvalue weighted by Crippen LogP contribution is -2.35. The van der Waals surface area contributed by atoms with Gasteiger partial charge in [-0.05, 0) is 25.1 Å². The summed E-state index contributed by atoms with van der Waals surface area (Å²) in [6.45, 7) is 3.48. The normalized spacial score (nSPS) is 10.6. The van der Waals surface area contributed by atoms with E-state index in [2.05, 4.69) is 11.9 Å². The maximum Gasteiger partial charge on any atom is 0.283 e. The molecule has 0 atom stereocenters. The monoisotopic (exact) mass is 279 g/mol. The molecule has 0 aliphatic rings. The van der Waals surface area contributed by atoms with Crippen molar-refractivity contribution in [3.63, 3.8) is 0 Å². The molecule has 1 aromatic rings. The second-order valence-electron chi connectivity index (χ2n) is 4.52. The lowest BCUT2D eigenvalue weighted by molar-refractivity contribution is -0.119. The molecule has 0 aliphatic carbocycles. The van der Waals surface area contributed by atoms with E-state index in [0.29, 0.717) is 12.2 Å². The minimum atomic E-state index is -0.443.